The lowest BCUT2D eigenvalue weighted by molar-refractivity contribution is 0.0953. The van der Waals surface area contributed by atoms with Gasteiger partial charge in [-0.25, -0.2) is 8.42 Å². The van der Waals surface area contributed by atoms with Crippen molar-refractivity contribution in [1.82, 2.24) is 5.32 Å². The van der Waals surface area contributed by atoms with Gasteiger partial charge in [0.1, 0.15) is 0 Å². The molecule has 0 unspecified atom stereocenters. The second-order valence-electron chi connectivity index (χ2n) is 5.91. The lowest BCUT2D eigenvalue weighted by atomic mass is 10.2. The quantitative estimate of drug-likeness (QED) is 0.686. The number of sulfonamides is 1. The first-order valence-corrected chi connectivity index (χ1v) is 10.3. The van der Waals surface area contributed by atoms with E-state index < -0.39 is 10.0 Å². The van der Waals surface area contributed by atoms with Gasteiger partial charge in [0, 0.05) is 13.6 Å². The second kappa shape index (κ2) is 9.05. The summed E-state index contributed by atoms with van der Waals surface area (Å²) in [6.45, 7) is 2.61. The lowest BCUT2D eigenvalue weighted by Gasteiger charge is -2.20. The number of carbonyl (C=O) groups is 1. The van der Waals surface area contributed by atoms with Crippen molar-refractivity contribution >= 4 is 33.2 Å². The Morgan fingerprint density at radius 2 is 1.81 bits per heavy atom. The van der Waals surface area contributed by atoms with Crippen LogP contribution in [0, 0.1) is 0 Å². The van der Waals surface area contributed by atoms with Crippen molar-refractivity contribution in [3.8, 4) is 0 Å². The summed E-state index contributed by atoms with van der Waals surface area (Å²) in [6.07, 6.45) is 2.94. The number of halogens is 1. The van der Waals surface area contributed by atoms with Crippen LogP contribution in [0.2, 0.25) is 5.02 Å². The van der Waals surface area contributed by atoms with Crippen LogP contribution in [0.15, 0.2) is 53.4 Å². The van der Waals surface area contributed by atoms with Gasteiger partial charge in [-0.05, 0) is 36.8 Å². The molecule has 7 heteroatoms. The topological polar surface area (TPSA) is 66.5 Å². The van der Waals surface area contributed by atoms with Crippen molar-refractivity contribution in [1.29, 1.82) is 0 Å². The number of amides is 1. The molecule has 2 aromatic carbocycles. The molecule has 0 bridgehead atoms. The van der Waals surface area contributed by atoms with Crippen LogP contribution in [0.4, 0.5) is 5.69 Å². The van der Waals surface area contributed by atoms with E-state index in [1.807, 2.05) is 6.07 Å². The number of carbonyl (C=O) groups excluding carboxylic acids is 1. The molecular formula is C19H23ClN2O3S. The highest BCUT2D eigenvalue weighted by molar-refractivity contribution is 7.92. The molecular weight excluding hydrogens is 372 g/mol. The van der Waals surface area contributed by atoms with Gasteiger partial charge in [0.2, 0.25) is 0 Å². The number of anilines is 1. The Labute approximate surface area is 160 Å². The van der Waals surface area contributed by atoms with Gasteiger partial charge >= 0.3 is 0 Å². The van der Waals surface area contributed by atoms with Gasteiger partial charge in [0.15, 0.2) is 0 Å². The van der Waals surface area contributed by atoms with Crippen molar-refractivity contribution in [3.63, 3.8) is 0 Å². The zero-order valence-corrected chi connectivity index (χ0v) is 16.5. The molecule has 0 fully saturated rings. The average Bonchev–Trinajstić information content (AvgIpc) is 2.65. The highest BCUT2D eigenvalue weighted by Gasteiger charge is 2.23. The molecule has 0 heterocycles. The van der Waals surface area contributed by atoms with E-state index in [2.05, 4.69) is 12.2 Å². The molecule has 0 aliphatic rings. The Hall–Kier alpha value is -2.05. The molecule has 0 radical (unpaired) electrons. The van der Waals surface area contributed by atoms with Crippen molar-refractivity contribution in [2.75, 3.05) is 17.9 Å². The summed E-state index contributed by atoms with van der Waals surface area (Å²) >= 11 is 6.11. The van der Waals surface area contributed by atoms with Gasteiger partial charge in [-0.2, -0.15) is 0 Å². The van der Waals surface area contributed by atoms with E-state index in [0.29, 0.717) is 12.2 Å². The van der Waals surface area contributed by atoms with Crippen molar-refractivity contribution in [2.24, 2.45) is 0 Å². The highest BCUT2D eigenvalue weighted by Crippen LogP contribution is 2.25. The molecule has 0 aliphatic heterocycles. The fourth-order valence-electron chi connectivity index (χ4n) is 2.45. The van der Waals surface area contributed by atoms with Gasteiger partial charge in [-0.1, -0.05) is 49.6 Å². The van der Waals surface area contributed by atoms with E-state index in [0.717, 1.165) is 19.3 Å². The van der Waals surface area contributed by atoms with E-state index in [1.54, 1.807) is 24.3 Å². The molecule has 0 spiro atoms. The minimum atomic E-state index is -3.80. The minimum absolute atomic E-state index is 0.0203. The van der Waals surface area contributed by atoms with Crippen LogP contribution in [0.5, 0.6) is 0 Å². The SMILES string of the molecule is CCCCCNC(=O)c1cc(S(=O)(=O)N(C)c2ccccc2)ccc1Cl. The molecule has 5 nitrogen and oxygen atoms in total. The minimum Gasteiger partial charge on any atom is -0.352 e. The standard InChI is InChI=1S/C19H23ClN2O3S/c1-3-4-8-13-21-19(23)17-14-16(11-12-18(17)20)26(24,25)22(2)15-9-6-5-7-10-15/h5-7,9-12,14H,3-4,8,13H2,1-2H3,(H,21,23). The summed E-state index contributed by atoms with van der Waals surface area (Å²) in [5.41, 5.74) is 0.693. The summed E-state index contributed by atoms with van der Waals surface area (Å²) in [5, 5.41) is 3.00. The van der Waals surface area contributed by atoms with E-state index >= 15 is 0 Å². The first-order valence-electron chi connectivity index (χ1n) is 8.49. The number of rotatable bonds is 8. The summed E-state index contributed by atoms with van der Waals surface area (Å²) in [5.74, 6) is -0.370. The van der Waals surface area contributed by atoms with Crippen molar-refractivity contribution < 1.29 is 13.2 Å². The van der Waals surface area contributed by atoms with Gasteiger partial charge in [0.05, 0.1) is 21.2 Å². The largest absolute Gasteiger partial charge is 0.352 e. The molecule has 0 saturated carbocycles. The number of hydrogen-bond donors (Lipinski definition) is 1. The molecule has 0 aromatic heterocycles. The zero-order valence-electron chi connectivity index (χ0n) is 14.9. The first kappa shape index (κ1) is 20.3. The van der Waals surface area contributed by atoms with Gasteiger partial charge in [0.25, 0.3) is 15.9 Å². The number of nitrogens with zero attached hydrogens (tertiary/aromatic N) is 1. The number of para-hydroxylation sites is 1. The Morgan fingerprint density at radius 1 is 1.12 bits per heavy atom. The van der Waals surface area contributed by atoms with Crippen LogP contribution in [-0.2, 0) is 10.0 Å². The van der Waals surface area contributed by atoms with Crippen molar-refractivity contribution in [2.45, 2.75) is 31.1 Å². The van der Waals surface area contributed by atoms with Crippen molar-refractivity contribution in [3.05, 3.63) is 59.1 Å². The summed E-state index contributed by atoms with van der Waals surface area (Å²) in [6, 6.07) is 12.9. The first-order chi connectivity index (χ1) is 12.4. The van der Waals surface area contributed by atoms with E-state index in [1.165, 1.54) is 29.6 Å². The molecule has 1 amide bonds. The van der Waals surface area contributed by atoms with Gasteiger partial charge < -0.3 is 5.32 Å². The maximum Gasteiger partial charge on any atom is 0.264 e. The predicted octanol–water partition coefficient (Wildman–Crippen LogP) is 4.09. The average molecular weight is 395 g/mol. The molecule has 0 aliphatic carbocycles. The van der Waals surface area contributed by atoms with Crippen LogP contribution in [0.25, 0.3) is 0 Å². The van der Waals surface area contributed by atoms with E-state index in [4.69, 9.17) is 11.6 Å². The van der Waals surface area contributed by atoms with Crippen LogP contribution in [-0.4, -0.2) is 27.9 Å². The third-order valence-electron chi connectivity index (χ3n) is 4.03. The highest BCUT2D eigenvalue weighted by atomic mass is 35.5. The van der Waals surface area contributed by atoms with E-state index in [9.17, 15) is 13.2 Å². The maximum absolute atomic E-state index is 12.9. The van der Waals surface area contributed by atoms with Gasteiger partial charge in [-0.3, -0.25) is 9.10 Å². The molecule has 2 rings (SSSR count). The predicted molar refractivity (Wildman–Crippen MR) is 105 cm³/mol. The Morgan fingerprint density at radius 3 is 2.46 bits per heavy atom. The third kappa shape index (κ3) is 4.77. The fraction of sp³-hybridized carbons (Fsp3) is 0.316. The number of unbranched alkanes of at least 4 members (excludes halogenated alkanes) is 2. The second-order valence-corrected chi connectivity index (χ2v) is 8.29. The van der Waals surface area contributed by atoms with Crippen LogP contribution < -0.4 is 9.62 Å². The Bertz CT molecular complexity index is 854. The van der Waals surface area contributed by atoms with Crippen LogP contribution >= 0.6 is 11.6 Å². The smallest absolute Gasteiger partial charge is 0.264 e. The zero-order chi connectivity index (χ0) is 19.2. The molecule has 2 aromatic rings. The van der Waals surface area contributed by atoms with Crippen LogP contribution in [0.3, 0.4) is 0 Å². The molecule has 1 N–H and O–H groups in total. The number of nitrogens with one attached hydrogen (secondary N) is 1. The summed E-state index contributed by atoms with van der Waals surface area (Å²) in [7, 11) is -2.32. The fourth-order valence-corrected chi connectivity index (χ4v) is 3.87. The molecule has 140 valence electrons. The molecule has 26 heavy (non-hydrogen) atoms. The van der Waals surface area contributed by atoms with E-state index in [-0.39, 0.29) is 21.4 Å². The van der Waals surface area contributed by atoms with Gasteiger partial charge in [-0.15, -0.1) is 0 Å². The molecule has 0 saturated heterocycles. The number of benzene rings is 2. The lowest BCUT2D eigenvalue weighted by Crippen LogP contribution is -2.28. The number of hydrogen-bond acceptors (Lipinski definition) is 3. The maximum atomic E-state index is 12.9. The Kier molecular flexibility index (Phi) is 7.06. The normalized spacial score (nSPS) is 11.2. The summed E-state index contributed by atoms with van der Waals surface area (Å²) < 4.78 is 26.9. The Balaban J connectivity index is 2.26. The van der Waals surface area contributed by atoms with Crippen LogP contribution in [0.1, 0.15) is 36.5 Å². The monoisotopic (exact) mass is 394 g/mol. The third-order valence-corrected chi connectivity index (χ3v) is 6.14. The molecule has 0 atom stereocenters. The summed E-state index contributed by atoms with van der Waals surface area (Å²) in [4.78, 5) is 12.4.